The molecule has 1 aromatic carbocycles. The van der Waals surface area contributed by atoms with Crippen molar-refractivity contribution in [2.24, 2.45) is 0 Å². The SMILES string of the molecule is CCOc1ccccc1C(=O)N1C[C@H](n2ncc(C(C)(C)O)n2)CC[C@H]1C. The Labute approximate surface area is 159 Å². The van der Waals surface area contributed by atoms with E-state index in [1.54, 1.807) is 24.8 Å². The van der Waals surface area contributed by atoms with Crippen molar-refractivity contribution < 1.29 is 14.6 Å². The second-order valence-electron chi connectivity index (χ2n) is 7.58. The van der Waals surface area contributed by atoms with Gasteiger partial charge in [0.05, 0.1) is 24.4 Å². The van der Waals surface area contributed by atoms with Gasteiger partial charge in [-0.1, -0.05) is 12.1 Å². The summed E-state index contributed by atoms with van der Waals surface area (Å²) in [5.74, 6) is 0.576. The van der Waals surface area contributed by atoms with Gasteiger partial charge in [0.25, 0.3) is 5.91 Å². The molecule has 0 unspecified atom stereocenters. The van der Waals surface area contributed by atoms with Crippen molar-refractivity contribution in [2.45, 2.75) is 58.2 Å². The zero-order valence-corrected chi connectivity index (χ0v) is 16.4. The van der Waals surface area contributed by atoms with Gasteiger partial charge in [-0.2, -0.15) is 15.0 Å². The summed E-state index contributed by atoms with van der Waals surface area (Å²) >= 11 is 0. The minimum absolute atomic E-state index is 0.0134. The number of nitrogens with zero attached hydrogens (tertiary/aromatic N) is 4. The number of aliphatic hydroxyl groups is 1. The first-order valence-corrected chi connectivity index (χ1v) is 9.48. The third-order valence-corrected chi connectivity index (χ3v) is 5.00. The number of para-hydroxylation sites is 1. The second-order valence-corrected chi connectivity index (χ2v) is 7.58. The van der Waals surface area contributed by atoms with E-state index in [4.69, 9.17) is 4.74 Å². The number of piperidine rings is 1. The molecule has 0 saturated carbocycles. The summed E-state index contributed by atoms with van der Waals surface area (Å²) in [5, 5.41) is 18.9. The van der Waals surface area contributed by atoms with Gasteiger partial charge in [0.1, 0.15) is 17.0 Å². The molecule has 1 N–H and O–H groups in total. The van der Waals surface area contributed by atoms with Crippen molar-refractivity contribution in [2.75, 3.05) is 13.2 Å². The lowest BCUT2D eigenvalue weighted by atomic mass is 9.98. The van der Waals surface area contributed by atoms with Gasteiger partial charge < -0.3 is 14.7 Å². The van der Waals surface area contributed by atoms with Crippen molar-refractivity contribution in [1.29, 1.82) is 0 Å². The van der Waals surface area contributed by atoms with Gasteiger partial charge in [-0.15, -0.1) is 0 Å². The Kier molecular flexibility index (Phi) is 5.51. The van der Waals surface area contributed by atoms with Crippen LogP contribution in [-0.2, 0) is 5.60 Å². The van der Waals surface area contributed by atoms with Crippen LogP contribution in [0.4, 0.5) is 0 Å². The molecule has 3 rings (SSSR count). The molecule has 1 saturated heterocycles. The van der Waals surface area contributed by atoms with E-state index in [1.807, 2.05) is 36.1 Å². The number of carbonyl (C=O) groups is 1. The molecule has 0 aliphatic carbocycles. The zero-order valence-electron chi connectivity index (χ0n) is 16.4. The highest BCUT2D eigenvalue weighted by atomic mass is 16.5. The molecule has 1 fully saturated rings. The molecule has 146 valence electrons. The molecule has 2 aromatic rings. The van der Waals surface area contributed by atoms with Crippen molar-refractivity contribution in [1.82, 2.24) is 19.9 Å². The summed E-state index contributed by atoms with van der Waals surface area (Å²) in [7, 11) is 0. The number of carbonyl (C=O) groups excluding carboxylic acids is 1. The topological polar surface area (TPSA) is 80.5 Å². The second kappa shape index (κ2) is 7.68. The van der Waals surface area contributed by atoms with Crippen LogP contribution in [0.15, 0.2) is 30.5 Å². The highest BCUT2D eigenvalue weighted by Gasteiger charge is 2.33. The third kappa shape index (κ3) is 4.13. The lowest BCUT2D eigenvalue weighted by Crippen LogP contribution is -2.46. The fraction of sp³-hybridized carbons (Fsp3) is 0.550. The van der Waals surface area contributed by atoms with Gasteiger partial charge in [0.2, 0.25) is 0 Å². The number of likely N-dealkylation sites (tertiary alicyclic amines) is 1. The normalized spacial score (nSPS) is 20.6. The van der Waals surface area contributed by atoms with Gasteiger partial charge >= 0.3 is 0 Å². The molecule has 7 nitrogen and oxygen atoms in total. The molecule has 2 atom stereocenters. The molecular weight excluding hydrogens is 344 g/mol. The van der Waals surface area contributed by atoms with Crippen LogP contribution in [0.3, 0.4) is 0 Å². The van der Waals surface area contributed by atoms with Crippen molar-refractivity contribution >= 4 is 5.91 Å². The van der Waals surface area contributed by atoms with Crippen LogP contribution in [0.1, 0.15) is 62.6 Å². The number of benzene rings is 1. The first-order chi connectivity index (χ1) is 12.8. The molecule has 0 radical (unpaired) electrons. The Bertz CT molecular complexity index is 797. The maximum atomic E-state index is 13.2. The van der Waals surface area contributed by atoms with Crippen LogP contribution in [0.2, 0.25) is 0 Å². The highest BCUT2D eigenvalue weighted by molar-refractivity contribution is 5.97. The average molecular weight is 372 g/mol. The first kappa shape index (κ1) is 19.4. The number of ether oxygens (including phenoxy) is 1. The number of hydrogen-bond donors (Lipinski definition) is 1. The Morgan fingerprint density at radius 1 is 1.33 bits per heavy atom. The average Bonchev–Trinajstić information content (AvgIpc) is 3.13. The number of amides is 1. The Balaban J connectivity index is 1.81. The molecule has 1 aromatic heterocycles. The van der Waals surface area contributed by atoms with Crippen LogP contribution in [0.5, 0.6) is 5.75 Å². The Morgan fingerprint density at radius 2 is 2.07 bits per heavy atom. The maximum absolute atomic E-state index is 13.2. The number of hydrogen-bond acceptors (Lipinski definition) is 5. The van der Waals surface area contributed by atoms with E-state index >= 15 is 0 Å². The van der Waals surface area contributed by atoms with E-state index in [9.17, 15) is 9.90 Å². The predicted molar refractivity (Wildman–Crippen MR) is 102 cm³/mol. The summed E-state index contributed by atoms with van der Waals surface area (Å²) < 4.78 is 5.63. The van der Waals surface area contributed by atoms with Crippen molar-refractivity contribution in [3.05, 3.63) is 41.7 Å². The Hall–Kier alpha value is -2.41. The van der Waals surface area contributed by atoms with Crippen molar-refractivity contribution in [3.8, 4) is 5.75 Å². The maximum Gasteiger partial charge on any atom is 0.257 e. The summed E-state index contributed by atoms with van der Waals surface area (Å²) in [4.78, 5) is 16.7. The molecule has 1 aliphatic heterocycles. The van der Waals surface area contributed by atoms with Crippen LogP contribution < -0.4 is 4.74 Å². The van der Waals surface area contributed by atoms with Gasteiger partial charge in [-0.05, 0) is 52.7 Å². The van der Waals surface area contributed by atoms with Crippen LogP contribution >= 0.6 is 0 Å². The smallest absolute Gasteiger partial charge is 0.257 e. The lowest BCUT2D eigenvalue weighted by Gasteiger charge is -2.37. The molecule has 1 amide bonds. The van der Waals surface area contributed by atoms with E-state index in [2.05, 4.69) is 17.1 Å². The summed E-state index contributed by atoms with van der Waals surface area (Å²) in [6.07, 6.45) is 3.35. The van der Waals surface area contributed by atoms with Gasteiger partial charge in [0, 0.05) is 12.6 Å². The highest BCUT2D eigenvalue weighted by Crippen LogP contribution is 2.29. The minimum Gasteiger partial charge on any atom is -0.493 e. The predicted octanol–water partition coefficient (Wildman–Crippen LogP) is 2.77. The zero-order chi connectivity index (χ0) is 19.6. The molecule has 0 bridgehead atoms. The third-order valence-electron chi connectivity index (χ3n) is 5.00. The quantitative estimate of drug-likeness (QED) is 0.873. The largest absolute Gasteiger partial charge is 0.493 e. The van der Waals surface area contributed by atoms with Gasteiger partial charge in [0.15, 0.2) is 0 Å². The Morgan fingerprint density at radius 3 is 2.74 bits per heavy atom. The molecule has 0 spiro atoms. The molecule has 2 heterocycles. The minimum atomic E-state index is -1.04. The van der Waals surface area contributed by atoms with E-state index in [1.165, 1.54) is 0 Å². The summed E-state index contributed by atoms with van der Waals surface area (Å²) in [5.41, 5.74) is 0.0738. The monoisotopic (exact) mass is 372 g/mol. The van der Waals surface area contributed by atoms with Crippen LogP contribution in [-0.4, -0.2) is 50.1 Å². The van der Waals surface area contributed by atoms with Crippen LogP contribution in [0, 0.1) is 0 Å². The van der Waals surface area contributed by atoms with E-state index in [-0.39, 0.29) is 18.0 Å². The molecule has 7 heteroatoms. The first-order valence-electron chi connectivity index (χ1n) is 9.48. The summed E-state index contributed by atoms with van der Waals surface area (Å²) in [6, 6.07) is 7.48. The van der Waals surface area contributed by atoms with Gasteiger partial charge in [-0.3, -0.25) is 4.79 Å². The fourth-order valence-corrected chi connectivity index (χ4v) is 3.37. The molecular formula is C20H28N4O3. The van der Waals surface area contributed by atoms with E-state index in [0.717, 1.165) is 12.8 Å². The summed E-state index contributed by atoms with van der Waals surface area (Å²) in [6.45, 7) is 8.38. The number of aromatic nitrogens is 3. The lowest BCUT2D eigenvalue weighted by molar-refractivity contribution is 0.0530. The molecule has 27 heavy (non-hydrogen) atoms. The van der Waals surface area contributed by atoms with Crippen LogP contribution in [0.25, 0.3) is 0 Å². The fourth-order valence-electron chi connectivity index (χ4n) is 3.37. The van der Waals surface area contributed by atoms with Crippen molar-refractivity contribution in [3.63, 3.8) is 0 Å². The standard InChI is InChI=1S/C20H28N4O3/c1-5-27-17-9-7-6-8-16(17)19(25)23-13-15(11-10-14(23)2)24-21-12-18(22-24)20(3,4)26/h6-9,12,14-15,26H,5,10-11,13H2,1-4H3/t14-,15-/m1/s1. The van der Waals surface area contributed by atoms with E-state index in [0.29, 0.717) is 30.2 Å². The number of rotatable bonds is 5. The van der Waals surface area contributed by atoms with Gasteiger partial charge in [-0.25, -0.2) is 0 Å². The molecule has 1 aliphatic rings. The van der Waals surface area contributed by atoms with E-state index < -0.39 is 5.60 Å².